The Kier molecular flexibility index (Phi) is 10.1. The molecule has 13 nitrogen and oxygen atoms in total. The maximum absolute atomic E-state index is 14.4. The third-order valence-electron chi connectivity index (χ3n) is 16.8. The van der Waals surface area contributed by atoms with Crippen molar-refractivity contribution in [2.24, 2.45) is 50.2 Å². The van der Waals surface area contributed by atoms with Crippen LogP contribution in [0.5, 0.6) is 0 Å². The monoisotopic (exact) mass is 764 g/mol. The number of esters is 1. The number of allylic oxidation sites excluding steroid dienone is 2. The Hall–Kier alpha value is -1.68. The second-order valence-corrected chi connectivity index (χ2v) is 20.2. The molecule has 2 heterocycles. The van der Waals surface area contributed by atoms with Gasteiger partial charge in [-0.05, 0) is 109 Å². The summed E-state index contributed by atoms with van der Waals surface area (Å²) in [6.07, 6.45) is -3.74. The summed E-state index contributed by atoms with van der Waals surface area (Å²) in [6.45, 7) is 16.0. The smallest absolute Gasteiger partial charge is 0.335 e. The van der Waals surface area contributed by atoms with Gasteiger partial charge in [-0.25, -0.2) is 4.79 Å². The summed E-state index contributed by atoms with van der Waals surface area (Å²) in [5.74, 6) is -1.33. The van der Waals surface area contributed by atoms with Gasteiger partial charge in [0.05, 0.1) is 18.1 Å². The zero-order valence-corrected chi connectivity index (χ0v) is 32.9. The predicted molar refractivity (Wildman–Crippen MR) is 192 cm³/mol. The minimum absolute atomic E-state index is 0.00668. The summed E-state index contributed by atoms with van der Waals surface area (Å²) < 4.78 is 23.4. The van der Waals surface area contributed by atoms with Crippen molar-refractivity contribution in [3.8, 4) is 0 Å². The van der Waals surface area contributed by atoms with Crippen LogP contribution in [-0.4, -0.2) is 116 Å². The average molecular weight is 765 g/mol. The standard InChI is InChI=1S/C41H64O13/c1-36(2)14-16-41(35(50)54-33-29(46)26(43)22(42)19-51-33)17-15-39(6)20(21(41)18-36)8-9-24-38(5)12-11-25(37(3,4)23(38)10-13-40(24,39)7)52-34-30(47)27(44)28(45)31(53-34)32(48)49/h8,21-31,33-34,42-47H,9-19H2,1-7H3,(H,48,49)/t21-,22+,23-,24+,25+,26+,27-,28-,29+,30+,31-,33+,34-,38+,39-,40-,41-/m1/s1. The van der Waals surface area contributed by atoms with E-state index in [0.717, 1.165) is 44.9 Å². The van der Waals surface area contributed by atoms with E-state index in [4.69, 9.17) is 18.9 Å². The van der Waals surface area contributed by atoms with Crippen LogP contribution in [0.1, 0.15) is 113 Å². The Balaban J connectivity index is 1.16. The fourth-order valence-corrected chi connectivity index (χ4v) is 13.3. The first kappa shape index (κ1) is 40.5. The van der Waals surface area contributed by atoms with Gasteiger partial charge in [0.1, 0.15) is 36.6 Å². The van der Waals surface area contributed by atoms with Crippen LogP contribution in [-0.2, 0) is 28.5 Å². The van der Waals surface area contributed by atoms with Crippen molar-refractivity contribution in [1.82, 2.24) is 0 Å². The van der Waals surface area contributed by atoms with Crippen LogP contribution in [0, 0.1) is 50.2 Å². The molecule has 0 bridgehead atoms. The molecule has 54 heavy (non-hydrogen) atoms. The molecule has 7 rings (SSSR count). The van der Waals surface area contributed by atoms with Crippen molar-refractivity contribution in [3.05, 3.63) is 11.6 Å². The maximum atomic E-state index is 14.4. The van der Waals surface area contributed by atoms with Gasteiger partial charge in [0.25, 0.3) is 0 Å². The van der Waals surface area contributed by atoms with E-state index in [1.54, 1.807) is 0 Å². The number of ether oxygens (including phenoxy) is 4. The Labute approximate surface area is 318 Å². The second kappa shape index (κ2) is 13.4. The first-order chi connectivity index (χ1) is 25.0. The molecule has 0 radical (unpaired) electrons. The number of carbonyl (C=O) groups excluding carboxylic acids is 1. The second-order valence-electron chi connectivity index (χ2n) is 20.2. The lowest BCUT2D eigenvalue weighted by atomic mass is 9.33. The summed E-state index contributed by atoms with van der Waals surface area (Å²) in [4.78, 5) is 26.2. The molecule has 0 amide bonds. The summed E-state index contributed by atoms with van der Waals surface area (Å²) in [5, 5.41) is 72.0. The number of aliphatic hydroxyl groups excluding tert-OH is 6. The number of carbonyl (C=O) groups is 2. The van der Waals surface area contributed by atoms with E-state index in [0.29, 0.717) is 25.2 Å². The number of carboxylic acids is 1. The SMILES string of the molecule is CC1(C)CC[C@@]2(C(=O)O[C@@H]3OC[C@H](O)[C@H](O)[C@@H]3O)CC[C@]3(C)C(=CC[C@H]4[C@@]5(C)CC[C@H](O[C@@H]6O[C@@H](C(=O)O)[C@H](O)[C@@H](O)[C@@H]6O)C(C)(C)[C@H]5CC[C@]43C)[C@H]2C1. The molecule has 4 saturated carbocycles. The lowest BCUT2D eigenvalue weighted by Crippen LogP contribution is -2.66. The van der Waals surface area contributed by atoms with Gasteiger partial charge in [0.2, 0.25) is 6.29 Å². The Morgan fingerprint density at radius 3 is 2.11 bits per heavy atom. The zero-order chi connectivity index (χ0) is 39.6. The number of carboxylic acid groups (broad SMARTS) is 1. The molecular weight excluding hydrogens is 700 g/mol. The lowest BCUT2D eigenvalue weighted by molar-refractivity contribution is -0.324. The van der Waals surface area contributed by atoms with Crippen molar-refractivity contribution in [3.63, 3.8) is 0 Å². The molecular formula is C41H64O13. The maximum Gasteiger partial charge on any atom is 0.335 e. The fourth-order valence-electron chi connectivity index (χ4n) is 13.3. The van der Waals surface area contributed by atoms with Crippen LogP contribution in [0.2, 0.25) is 0 Å². The average Bonchev–Trinajstić information content (AvgIpc) is 3.09. The number of rotatable bonds is 5. The number of fused-ring (bicyclic) bond motifs is 7. The highest BCUT2D eigenvalue weighted by atomic mass is 16.7. The van der Waals surface area contributed by atoms with Crippen molar-refractivity contribution in [1.29, 1.82) is 0 Å². The van der Waals surface area contributed by atoms with Crippen LogP contribution in [0.25, 0.3) is 0 Å². The van der Waals surface area contributed by atoms with E-state index >= 15 is 0 Å². The molecule has 0 aromatic carbocycles. The van der Waals surface area contributed by atoms with Gasteiger partial charge in [0.15, 0.2) is 12.4 Å². The molecule has 7 N–H and O–H groups in total. The van der Waals surface area contributed by atoms with Crippen LogP contribution < -0.4 is 0 Å². The number of aliphatic carboxylic acids is 1. The van der Waals surface area contributed by atoms with Crippen molar-refractivity contribution < 1.29 is 64.3 Å². The molecule has 0 aromatic heterocycles. The summed E-state index contributed by atoms with van der Waals surface area (Å²) in [6, 6.07) is 0. The van der Waals surface area contributed by atoms with Gasteiger partial charge in [-0.1, -0.05) is 60.1 Å². The quantitative estimate of drug-likeness (QED) is 0.122. The number of hydrogen-bond acceptors (Lipinski definition) is 12. The molecule has 17 atom stereocenters. The number of aliphatic hydroxyl groups is 6. The van der Waals surface area contributed by atoms with E-state index in [2.05, 4.69) is 54.5 Å². The van der Waals surface area contributed by atoms with E-state index in [1.807, 2.05) is 0 Å². The van der Waals surface area contributed by atoms with E-state index in [-0.39, 0.29) is 46.2 Å². The molecule has 2 saturated heterocycles. The molecule has 2 aliphatic heterocycles. The third kappa shape index (κ3) is 5.88. The molecule has 0 aromatic rings. The normalized spacial score (nSPS) is 52.4. The van der Waals surface area contributed by atoms with Crippen molar-refractivity contribution in [2.45, 2.75) is 174 Å². The lowest BCUT2D eigenvalue weighted by Gasteiger charge is -2.71. The largest absolute Gasteiger partial charge is 0.479 e. The van der Waals surface area contributed by atoms with Gasteiger partial charge in [-0.2, -0.15) is 0 Å². The topological polar surface area (TPSA) is 213 Å². The van der Waals surface area contributed by atoms with Crippen LogP contribution in [0.15, 0.2) is 11.6 Å². The predicted octanol–water partition coefficient (Wildman–Crippen LogP) is 3.05. The highest BCUT2D eigenvalue weighted by molar-refractivity contribution is 5.79. The molecule has 13 heteroatoms. The van der Waals surface area contributed by atoms with E-state index in [9.17, 15) is 45.3 Å². The molecule has 6 fully saturated rings. The van der Waals surface area contributed by atoms with E-state index in [1.165, 1.54) is 5.57 Å². The zero-order valence-electron chi connectivity index (χ0n) is 32.9. The first-order valence-electron chi connectivity index (χ1n) is 20.2. The van der Waals surface area contributed by atoms with Gasteiger partial charge >= 0.3 is 11.9 Å². The van der Waals surface area contributed by atoms with Crippen LogP contribution >= 0.6 is 0 Å². The Bertz CT molecular complexity index is 1510. The van der Waals surface area contributed by atoms with Crippen LogP contribution in [0.3, 0.4) is 0 Å². The minimum atomic E-state index is -1.78. The van der Waals surface area contributed by atoms with Crippen molar-refractivity contribution in [2.75, 3.05) is 6.61 Å². The van der Waals surface area contributed by atoms with E-state index < -0.39 is 78.1 Å². The summed E-state index contributed by atoms with van der Waals surface area (Å²) in [7, 11) is 0. The Morgan fingerprint density at radius 2 is 1.43 bits per heavy atom. The van der Waals surface area contributed by atoms with Gasteiger partial charge in [0, 0.05) is 0 Å². The van der Waals surface area contributed by atoms with Crippen molar-refractivity contribution >= 4 is 11.9 Å². The highest BCUT2D eigenvalue weighted by Crippen LogP contribution is 2.76. The third-order valence-corrected chi connectivity index (χ3v) is 16.8. The molecule has 306 valence electrons. The molecule has 0 unspecified atom stereocenters. The summed E-state index contributed by atoms with van der Waals surface area (Å²) >= 11 is 0. The molecule has 7 aliphatic rings. The molecule has 5 aliphatic carbocycles. The van der Waals surface area contributed by atoms with Gasteiger partial charge in [-0.15, -0.1) is 0 Å². The Morgan fingerprint density at radius 1 is 0.759 bits per heavy atom. The fraction of sp³-hybridized carbons (Fsp3) is 0.902. The minimum Gasteiger partial charge on any atom is -0.479 e. The van der Waals surface area contributed by atoms with Gasteiger partial charge in [-0.3, -0.25) is 4.79 Å². The number of hydrogen-bond donors (Lipinski definition) is 7. The molecule has 0 spiro atoms. The van der Waals surface area contributed by atoms with Crippen LogP contribution in [0.4, 0.5) is 0 Å². The first-order valence-corrected chi connectivity index (χ1v) is 20.2. The summed E-state index contributed by atoms with van der Waals surface area (Å²) in [5.41, 5.74) is -0.179. The highest BCUT2D eigenvalue weighted by Gasteiger charge is 2.70. The van der Waals surface area contributed by atoms with Gasteiger partial charge < -0.3 is 54.7 Å².